The Bertz CT molecular complexity index is 421. The van der Waals surface area contributed by atoms with E-state index < -0.39 is 0 Å². The van der Waals surface area contributed by atoms with Crippen LogP contribution in [-0.2, 0) is 4.74 Å². The Kier molecular flexibility index (Phi) is 2.87. The zero-order chi connectivity index (χ0) is 11.7. The summed E-state index contributed by atoms with van der Waals surface area (Å²) in [7, 11) is 0. The number of nitrogens with zero attached hydrogens (tertiary/aromatic N) is 1. The van der Waals surface area contributed by atoms with E-state index in [9.17, 15) is 0 Å². The van der Waals surface area contributed by atoms with E-state index in [1.54, 1.807) is 0 Å². The van der Waals surface area contributed by atoms with Gasteiger partial charge in [-0.25, -0.2) is 4.99 Å². The highest BCUT2D eigenvalue weighted by atomic mass is 16.5. The second-order valence-electron chi connectivity index (χ2n) is 5.22. The first kappa shape index (κ1) is 10.8. The number of aryl methyl sites for hydroxylation is 1. The molecular formula is C15H19NO. The summed E-state index contributed by atoms with van der Waals surface area (Å²) in [6.45, 7) is 2.96. The Hall–Kier alpha value is -1.31. The van der Waals surface area contributed by atoms with Crippen molar-refractivity contribution < 1.29 is 4.74 Å². The molecule has 2 aliphatic rings. The molecule has 0 N–H and O–H groups in total. The van der Waals surface area contributed by atoms with Gasteiger partial charge < -0.3 is 4.74 Å². The van der Waals surface area contributed by atoms with Gasteiger partial charge in [0.2, 0.25) is 5.90 Å². The molecule has 1 aliphatic heterocycles. The van der Waals surface area contributed by atoms with E-state index in [2.05, 4.69) is 31.2 Å². The van der Waals surface area contributed by atoms with Crippen molar-refractivity contribution in [2.75, 3.05) is 6.61 Å². The van der Waals surface area contributed by atoms with Crippen LogP contribution in [0.1, 0.15) is 36.8 Å². The summed E-state index contributed by atoms with van der Waals surface area (Å²) in [4.78, 5) is 4.80. The predicted octanol–water partition coefficient (Wildman–Crippen LogP) is 3.33. The molecular weight excluding hydrogens is 210 g/mol. The lowest BCUT2D eigenvalue weighted by Crippen LogP contribution is -2.34. The van der Waals surface area contributed by atoms with E-state index in [4.69, 9.17) is 9.73 Å². The molecule has 1 aromatic carbocycles. The zero-order valence-corrected chi connectivity index (χ0v) is 10.4. The summed E-state index contributed by atoms with van der Waals surface area (Å²) in [5, 5.41) is 0. The van der Waals surface area contributed by atoms with Crippen LogP contribution in [0.25, 0.3) is 0 Å². The Balaban J connectivity index is 1.84. The van der Waals surface area contributed by atoms with Gasteiger partial charge in [0.05, 0.1) is 12.6 Å². The van der Waals surface area contributed by atoms with Crippen molar-refractivity contribution in [1.82, 2.24) is 0 Å². The molecule has 1 aromatic rings. The lowest BCUT2D eigenvalue weighted by Gasteiger charge is -2.33. The van der Waals surface area contributed by atoms with Gasteiger partial charge >= 0.3 is 0 Å². The second kappa shape index (κ2) is 4.52. The highest BCUT2D eigenvalue weighted by Crippen LogP contribution is 2.30. The maximum Gasteiger partial charge on any atom is 0.216 e. The third-order valence-electron chi connectivity index (χ3n) is 3.88. The Morgan fingerprint density at radius 2 is 1.88 bits per heavy atom. The number of fused-ring (bicyclic) bond motifs is 1. The minimum Gasteiger partial charge on any atom is -0.477 e. The van der Waals surface area contributed by atoms with Crippen LogP contribution >= 0.6 is 0 Å². The fourth-order valence-corrected chi connectivity index (χ4v) is 2.78. The van der Waals surface area contributed by atoms with E-state index in [1.165, 1.54) is 31.2 Å². The molecule has 0 amide bonds. The first-order chi connectivity index (χ1) is 8.33. The molecule has 0 spiro atoms. The van der Waals surface area contributed by atoms with Gasteiger partial charge in [-0.05, 0) is 31.9 Å². The van der Waals surface area contributed by atoms with Crippen LogP contribution in [0.3, 0.4) is 0 Å². The van der Waals surface area contributed by atoms with E-state index in [-0.39, 0.29) is 0 Å². The van der Waals surface area contributed by atoms with Crippen molar-refractivity contribution >= 4 is 5.90 Å². The van der Waals surface area contributed by atoms with Crippen molar-refractivity contribution in [3.63, 3.8) is 0 Å². The van der Waals surface area contributed by atoms with Gasteiger partial charge in [0.25, 0.3) is 0 Å². The summed E-state index contributed by atoms with van der Waals surface area (Å²) in [6, 6.07) is 8.96. The van der Waals surface area contributed by atoms with E-state index in [0.29, 0.717) is 12.0 Å². The molecule has 0 aromatic heterocycles. The molecule has 1 fully saturated rings. The van der Waals surface area contributed by atoms with E-state index in [1.807, 2.05) is 0 Å². The standard InChI is InChI=1S/C15H19NO/c1-11-6-8-12(9-7-11)15-16-14-5-3-2-4-13(14)10-17-15/h6-9,13-14H,2-5,10H2,1H3/t13-,14-/m0/s1. The van der Waals surface area contributed by atoms with E-state index >= 15 is 0 Å². The van der Waals surface area contributed by atoms with Gasteiger partial charge in [-0.2, -0.15) is 0 Å². The first-order valence-electron chi connectivity index (χ1n) is 6.60. The number of rotatable bonds is 1. The molecule has 0 saturated heterocycles. The summed E-state index contributed by atoms with van der Waals surface area (Å²) in [5.41, 5.74) is 2.40. The van der Waals surface area contributed by atoms with Gasteiger partial charge in [-0.15, -0.1) is 0 Å². The van der Waals surface area contributed by atoms with Gasteiger partial charge in [-0.3, -0.25) is 0 Å². The lowest BCUT2D eigenvalue weighted by molar-refractivity contribution is 0.155. The topological polar surface area (TPSA) is 21.6 Å². The van der Waals surface area contributed by atoms with Crippen molar-refractivity contribution in [3.8, 4) is 0 Å². The second-order valence-corrected chi connectivity index (χ2v) is 5.22. The van der Waals surface area contributed by atoms with Crippen molar-refractivity contribution in [2.45, 2.75) is 38.6 Å². The van der Waals surface area contributed by atoms with Gasteiger partial charge in [0.1, 0.15) is 0 Å². The lowest BCUT2D eigenvalue weighted by atomic mass is 9.85. The fraction of sp³-hybridized carbons (Fsp3) is 0.533. The predicted molar refractivity (Wildman–Crippen MR) is 69.4 cm³/mol. The molecule has 1 aliphatic carbocycles. The third kappa shape index (κ3) is 2.21. The van der Waals surface area contributed by atoms with Crippen LogP contribution in [0.5, 0.6) is 0 Å². The molecule has 2 atom stereocenters. The number of hydrogen-bond donors (Lipinski definition) is 0. The summed E-state index contributed by atoms with van der Waals surface area (Å²) in [5.74, 6) is 1.52. The Labute approximate surface area is 103 Å². The summed E-state index contributed by atoms with van der Waals surface area (Å²) < 4.78 is 5.82. The van der Waals surface area contributed by atoms with Crippen LogP contribution in [0.4, 0.5) is 0 Å². The Morgan fingerprint density at radius 3 is 2.71 bits per heavy atom. The molecule has 1 heterocycles. The third-order valence-corrected chi connectivity index (χ3v) is 3.88. The van der Waals surface area contributed by atoms with Crippen LogP contribution in [0.2, 0.25) is 0 Å². The largest absolute Gasteiger partial charge is 0.477 e. The number of benzene rings is 1. The number of aliphatic imine (C=N–C) groups is 1. The van der Waals surface area contributed by atoms with Crippen LogP contribution < -0.4 is 0 Å². The van der Waals surface area contributed by atoms with Crippen molar-refractivity contribution in [2.24, 2.45) is 10.9 Å². The van der Waals surface area contributed by atoms with Gasteiger partial charge in [0, 0.05) is 11.5 Å². The average molecular weight is 229 g/mol. The van der Waals surface area contributed by atoms with Crippen molar-refractivity contribution in [1.29, 1.82) is 0 Å². The molecule has 0 unspecified atom stereocenters. The Morgan fingerprint density at radius 1 is 1.12 bits per heavy atom. The van der Waals surface area contributed by atoms with Crippen LogP contribution in [0, 0.1) is 12.8 Å². The number of hydrogen-bond acceptors (Lipinski definition) is 2. The summed E-state index contributed by atoms with van der Waals surface area (Å²) in [6.07, 6.45) is 5.20. The zero-order valence-electron chi connectivity index (χ0n) is 10.4. The highest BCUT2D eigenvalue weighted by Gasteiger charge is 2.29. The molecule has 0 bridgehead atoms. The van der Waals surface area contributed by atoms with E-state index in [0.717, 1.165) is 18.1 Å². The molecule has 1 saturated carbocycles. The highest BCUT2D eigenvalue weighted by molar-refractivity contribution is 5.94. The van der Waals surface area contributed by atoms with Crippen LogP contribution in [-0.4, -0.2) is 18.5 Å². The quantitative estimate of drug-likeness (QED) is 0.724. The van der Waals surface area contributed by atoms with Crippen molar-refractivity contribution in [3.05, 3.63) is 35.4 Å². The molecule has 90 valence electrons. The average Bonchev–Trinajstić information content (AvgIpc) is 2.39. The summed E-state index contributed by atoms with van der Waals surface area (Å²) >= 11 is 0. The molecule has 2 nitrogen and oxygen atoms in total. The molecule has 17 heavy (non-hydrogen) atoms. The maximum absolute atomic E-state index is 5.82. The SMILES string of the molecule is Cc1ccc(C2=N[C@H]3CCCC[C@H]3CO2)cc1. The van der Waals surface area contributed by atoms with Crippen LogP contribution in [0.15, 0.2) is 29.3 Å². The molecule has 0 radical (unpaired) electrons. The first-order valence-corrected chi connectivity index (χ1v) is 6.60. The fourth-order valence-electron chi connectivity index (χ4n) is 2.78. The maximum atomic E-state index is 5.82. The van der Waals surface area contributed by atoms with Gasteiger partial charge in [-0.1, -0.05) is 30.5 Å². The minimum absolute atomic E-state index is 0.508. The molecule has 2 heteroatoms. The smallest absolute Gasteiger partial charge is 0.216 e. The minimum atomic E-state index is 0.508. The number of ether oxygens (including phenoxy) is 1. The van der Waals surface area contributed by atoms with Gasteiger partial charge in [0.15, 0.2) is 0 Å². The normalized spacial score (nSPS) is 27.9. The monoisotopic (exact) mass is 229 g/mol. The molecule has 3 rings (SSSR count).